The predicted molar refractivity (Wildman–Crippen MR) is 133 cm³/mol. The van der Waals surface area contributed by atoms with Gasteiger partial charge in [0.25, 0.3) is 0 Å². The van der Waals surface area contributed by atoms with Crippen LogP contribution in [-0.4, -0.2) is 42.5 Å². The molecule has 11 heteroatoms. The highest BCUT2D eigenvalue weighted by molar-refractivity contribution is 6.38. The zero-order chi connectivity index (χ0) is 25.7. The maximum atomic E-state index is 12.6. The van der Waals surface area contributed by atoms with E-state index in [1.165, 1.54) is 31.4 Å². The first-order chi connectivity index (χ1) is 16.6. The summed E-state index contributed by atoms with van der Waals surface area (Å²) >= 11 is 23.5. The van der Waals surface area contributed by atoms with Crippen LogP contribution in [0.1, 0.15) is 32.2 Å². The third-order valence-corrected chi connectivity index (χ3v) is 6.08. The Balaban J connectivity index is 1.76. The molecule has 0 aliphatic carbocycles. The average molecular weight is 560 g/mol. The zero-order valence-electron chi connectivity index (χ0n) is 18.1. The first-order valence-electron chi connectivity index (χ1n) is 9.95. The second-order valence-electron chi connectivity index (χ2n) is 7.24. The van der Waals surface area contributed by atoms with E-state index in [1.54, 1.807) is 24.3 Å². The summed E-state index contributed by atoms with van der Waals surface area (Å²) < 4.78 is 16.0. The van der Waals surface area contributed by atoms with Crippen LogP contribution in [0.15, 0.2) is 48.5 Å². The van der Waals surface area contributed by atoms with E-state index in [9.17, 15) is 19.8 Å². The fraction of sp³-hybridized carbons (Fsp3) is 0.167. The van der Waals surface area contributed by atoms with Crippen LogP contribution in [0.4, 0.5) is 0 Å². The molecule has 35 heavy (non-hydrogen) atoms. The van der Waals surface area contributed by atoms with Gasteiger partial charge in [-0.25, -0.2) is 9.59 Å². The summed E-state index contributed by atoms with van der Waals surface area (Å²) in [5.41, 5.74) is 0.781. The SMILES string of the molecule is COc1ccc(C(COC(=O)c2cc(Cl)c(O)c(Cl)c2)COC(=O)c2cc(Cl)c(O)c(Cl)c2)cc1. The molecule has 0 heterocycles. The minimum absolute atomic E-state index is 0.0386. The van der Waals surface area contributed by atoms with Crippen molar-refractivity contribution in [2.75, 3.05) is 20.3 Å². The summed E-state index contributed by atoms with van der Waals surface area (Å²) in [6.07, 6.45) is 0. The number of halogens is 4. The molecular formula is C24H18Cl4O7. The highest BCUT2D eigenvalue weighted by Crippen LogP contribution is 2.34. The van der Waals surface area contributed by atoms with Gasteiger partial charge in [0.15, 0.2) is 11.5 Å². The Morgan fingerprint density at radius 3 is 1.46 bits per heavy atom. The number of aromatic hydroxyl groups is 2. The van der Waals surface area contributed by atoms with Crippen LogP contribution in [0.25, 0.3) is 0 Å². The van der Waals surface area contributed by atoms with Gasteiger partial charge in [0, 0.05) is 0 Å². The molecule has 3 aromatic rings. The molecule has 0 unspecified atom stereocenters. The quantitative estimate of drug-likeness (QED) is 0.303. The Hall–Kier alpha value is -2.84. The van der Waals surface area contributed by atoms with Crippen molar-refractivity contribution in [2.24, 2.45) is 0 Å². The molecule has 7 nitrogen and oxygen atoms in total. The van der Waals surface area contributed by atoms with E-state index < -0.39 is 17.9 Å². The summed E-state index contributed by atoms with van der Waals surface area (Å²) in [4.78, 5) is 25.1. The second-order valence-corrected chi connectivity index (χ2v) is 8.87. The van der Waals surface area contributed by atoms with Crippen LogP contribution < -0.4 is 4.74 Å². The van der Waals surface area contributed by atoms with E-state index in [2.05, 4.69) is 0 Å². The third-order valence-electron chi connectivity index (χ3n) is 4.92. The molecule has 0 radical (unpaired) electrons. The fourth-order valence-electron chi connectivity index (χ4n) is 3.00. The van der Waals surface area contributed by atoms with Gasteiger partial charge in [-0.15, -0.1) is 0 Å². The number of esters is 2. The zero-order valence-corrected chi connectivity index (χ0v) is 21.1. The van der Waals surface area contributed by atoms with Crippen molar-refractivity contribution < 1.29 is 34.0 Å². The van der Waals surface area contributed by atoms with Gasteiger partial charge < -0.3 is 24.4 Å². The van der Waals surface area contributed by atoms with Gasteiger partial charge in [-0.1, -0.05) is 58.5 Å². The highest BCUT2D eigenvalue weighted by atomic mass is 35.5. The molecule has 184 valence electrons. The average Bonchev–Trinajstić information content (AvgIpc) is 2.84. The fourth-order valence-corrected chi connectivity index (χ4v) is 3.98. The van der Waals surface area contributed by atoms with Gasteiger partial charge >= 0.3 is 11.9 Å². The van der Waals surface area contributed by atoms with Crippen molar-refractivity contribution >= 4 is 58.3 Å². The molecule has 0 aromatic heterocycles. The summed E-state index contributed by atoms with van der Waals surface area (Å²) in [7, 11) is 1.53. The Morgan fingerprint density at radius 2 is 1.11 bits per heavy atom. The van der Waals surface area contributed by atoms with E-state index in [0.717, 1.165) is 0 Å². The van der Waals surface area contributed by atoms with Crippen molar-refractivity contribution in [3.05, 3.63) is 85.3 Å². The van der Waals surface area contributed by atoms with Crippen LogP contribution >= 0.6 is 46.4 Å². The van der Waals surface area contributed by atoms with Gasteiger partial charge in [-0.05, 0) is 42.0 Å². The first-order valence-corrected chi connectivity index (χ1v) is 11.5. The molecule has 0 spiro atoms. The maximum absolute atomic E-state index is 12.6. The number of phenols is 2. The minimum atomic E-state index is -0.740. The van der Waals surface area contributed by atoms with Gasteiger partial charge in [0.05, 0.1) is 44.2 Å². The topological polar surface area (TPSA) is 102 Å². The van der Waals surface area contributed by atoms with Gasteiger partial charge in [0.2, 0.25) is 0 Å². The number of benzene rings is 3. The molecule has 3 aromatic carbocycles. The van der Waals surface area contributed by atoms with Gasteiger partial charge in [-0.2, -0.15) is 0 Å². The lowest BCUT2D eigenvalue weighted by atomic mass is 10.0. The number of carbonyl (C=O) groups is 2. The van der Waals surface area contributed by atoms with E-state index in [1.807, 2.05) is 0 Å². The van der Waals surface area contributed by atoms with Crippen LogP contribution in [0.3, 0.4) is 0 Å². The summed E-state index contributed by atoms with van der Waals surface area (Å²) in [5.74, 6) is -2.11. The Kier molecular flexibility index (Phi) is 8.97. The van der Waals surface area contributed by atoms with E-state index in [-0.39, 0.29) is 55.9 Å². The normalized spacial score (nSPS) is 10.8. The molecular weight excluding hydrogens is 542 g/mol. The Labute approximate surface area is 220 Å². The molecule has 0 bridgehead atoms. The van der Waals surface area contributed by atoms with Gasteiger partial charge in [0.1, 0.15) is 19.0 Å². The third kappa shape index (κ3) is 6.64. The molecule has 2 N–H and O–H groups in total. The monoisotopic (exact) mass is 558 g/mol. The maximum Gasteiger partial charge on any atom is 0.338 e. The van der Waals surface area contributed by atoms with Crippen LogP contribution in [-0.2, 0) is 9.47 Å². The van der Waals surface area contributed by atoms with E-state index in [4.69, 9.17) is 60.6 Å². The molecule has 3 rings (SSSR count). The van der Waals surface area contributed by atoms with Crippen molar-refractivity contribution in [3.8, 4) is 17.2 Å². The van der Waals surface area contributed by atoms with E-state index in [0.29, 0.717) is 11.3 Å². The Bertz CT molecular complexity index is 1130. The smallest absolute Gasteiger partial charge is 0.338 e. The lowest BCUT2D eigenvalue weighted by Gasteiger charge is -2.18. The number of carbonyl (C=O) groups excluding carboxylic acids is 2. The van der Waals surface area contributed by atoms with Crippen LogP contribution in [0, 0.1) is 0 Å². The van der Waals surface area contributed by atoms with Crippen molar-refractivity contribution in [2.45, 2.75) is 5.92 Å². The summed E-state index contributed by atoms with van der Waals surface area (Å²) in [6, 6.07) is 11.8. The molecule has 0 amide bonds. The summed E-state index contributed by atoms with van der Waals surface area (Å²) in [5, 5.41) is 19.0. The predicted octanol–water partition coefficient (Wildman–Crippen LogP) is 6.52. The molecule has 0 saturated heterocycles. The molecule has 0 aliphatic heterocycles. The Morgan fingerprint density at radius 1 is 0.743 bits per heavy atom. The van der Waals surface area contributed by atoms with Crippen LogP contribution in [0.5, 0.6) is 17.2 Å². The van der Waals surface area contributed by atoms with Crippen molar-refractivity contribution in [3.63, 3.8) is 0 Å². The number of hydrogen-bond donors (Lipinski definition) is 2. The van der Waals surface area contributed by atoms with Crippen molar-refractivity contribution in [1.29, 1.82) is 0 Å². The van der Waals surface area contributed by atoms with Crippen molar-refractivity contribution in [1.82, 2.24) is 0 Å². The number of rotatable bonds is 8. The van der Waals surface area contributed by atoms with Crippen LogP contribution in [0.2, 0.25) is 20.1 Å². The lowest BCUT2D eigenvalue weighted by Crippen LogP contribution is -2.20. The standard InChI is InChI=1S/C24H18Cl4O7/c1-33-16-4-2-12(3-5-16)15(10-34-23(31)13-6-17(25)21(29)18(26)7-13)11-35-24(32)14-8-19(27)22(30)20(28)9-14/h2-9,15,29-30H,10-11H2,1H3. The number of phenolic OH excluding ortho intramolecular Hbond substituents is 2. The molecule has 0 saturated carbocycles. The van der Waals surface area contributed by atoms with E-state index >= 15 is 0 Å². The lowest BCUT2D eigenvalue weighted by molar-refractivity contribution is 0.0347. The number of methoxy groups -OCH3 is 1. The molecule has 0 aliphatic rings. The highest BCUT2D eigenvalue weighted by Gasteiger charge is 2.21. The second kappa shape index (κ2) is 11.7. The molecule has 0 fully saturated rings. The largest absolute Gasteiger partial charge is 0.505 e. The number of hydrogen-bond acceptors (Lipinski definition) is 7. The van der Waals surface area contributed by atoms with Gasteiger partial charge in [-0.3, -0.25) is 0 Å². The molecule has 0 atom stereocenters. The first kappa shape index (κ1) is 26.8. The summed E-state index contributed by atoms with van der Waals surface area (Å²) in [6.45, 7) is -0.322. The minimum Gasteiger partial charge on any atom is -0.505 e. The number of ether oxygens (including phenoxy) is 3.